The Morgan fingerprint density at radius 2 is 2.09 bits per heavy atom. The smallest absolute Gasteiger partial charge is 0.248 e. The fourth-order valence-electron chi connectivity index (χ4n) is 1.26. The molecule has 11 heavy (non-hydrogen) atoms. The van der Waals surface area contributed by atoms with Crippen LogP contribution in [-0.2, 0) is 4.79 Å². The van der Waals surface area contributed by atoms with Crippen LogP contribution in [0.4, 0.5) is 0 Å². The first-order chi connectivity index (χ1) is 5.25. The molecule has 0 radical (unpaired) electrons. The number of carbonyl (C=O) groups excluding carboxylic acids is 1. The Hall–Kier alpha value is -0.500. The van der Waals surface area contributed by atoms with E-state index >= 15 is 0 Å². The molecule has 0 bridgehead atoms. The van der Waals surface area contributed by atoms with Gasteiger partial charge in [0.15, 0.2) is 0 Å². The van der Waals surface area contributed by atoms with Crippen molar-refractivity contribution in [3.05, 3.63) is 10.6 Å². The minimum absolute atomic E-state index is 0.0188. The van der Waals surface area contributed by atoms with Gasteiger partial charge in [-0.05, 0) is 25.7 Å². The Morgan fingerprint density at radius 1 is 1.45 bits per heavy atom. The molecule has 0 fully saturated rings. The molecule has 0 spiro atoms. The van der Waals surface area contributed by atoms with Crippen LogP contribution in [0.5, 0.6) is 0 Å². The molecule has 0 saturated carbocycles. The number of nitrogens with one attached hydrogen (secondary N) is 1. The molecule has 62 valence electrons. The minimum atomic E-state index is -0.0188. The quantitative estimate of drug-likeness (QED) is 0.644. The highest BCUT2D eigenvalue weighted by molar-refractivity contribution is 6.31. The van der Waals surface area contributed by atoms with Crippen molar-refractivity contribution in [2.45, 2.75) is 25.7 Å². The molecule has 1 rings (SSSR count). The number of allylic oxidation sites excluding steroid dienone is 1. The molecule has 0 aromatic heterocycles. The molecule has 0 saturated heterocycles. The van der Waals surface area contributed by atoms with Gasteiger partial charge < -0.3 is 5.32 Å². The average Bonchev–Trinajstić information content (AvgIpc) is 2.04. The van der Waals surface area contributed by atoms with Crippen molar-refractivity contribution in [2.75, 3.05) is 7.05 Å². The van der Waals surface area contributed by atoms with E-state index in [1.807, 2.05) is 0 Å². The van der Waals surface area contributed by atoms with Gasteiger partial charge in [0.2, 0.25) is 5.91 Å². The maximum Gasteiger partial charge on any atom is 0.248 e. The third-order valence-corrected chi connectivity index (χ3v) is 2.32. The molecule has 2 nitrogen and oxygen atoms in total. The number of carbonyl (C=O) groups is 1. The summed E-state index contributed by atoms with van der Waals surface area (Å²) >= 11 is 5.88. The highest BCUT2D eigenvalue weighted by atomic mass is 35.5. The monoisotopic (exact) mass is 173 g/mol. The van der Waals surface area contributed by atoms with Gasteiger partial charge in [0.25, 0.3) is 0 Å². The standard InChI is InChI=1S/C8H12ClNO/c1-10-8(11)6-4-2-3-5-7(6)9/h2-5H2,1H3,(H,10,11). The summed E-state index contributed by atoms with van der Waals surface area (Å²) in [5, 5.41) is 3.33. The van der Waals surface area contributed by atoms with E-state index < -0.39 is 0 Å². The summed E-state index contributed by atoms with van der Waals surface area (Å²) in [6.45, 7) is 0. The second kappa shape index (κ2) is 3.77. The predicted molar refractivity (Wildman–Crippen MR) is 45.4 cm³/mol. The molecule has 0 atom stereocenters. The van der Waals surface area contributed by atoms with Gasteiger partial charge in [-0.3, -0.25) is 4.79 Å². The topological polar surface area (TPSA) is 29.1 Å². The third-order valence-electron chi connectivity index (χ3n) is 1.90. The molecule has 1 amide bonds. The summed E-state index contributed by atoms with van der Waals surface area (Å²) < 4.78 is 0. The largest absolute Gasteiger partial charge is 0.355 e. The van der Waals surface area contributed by atoms with Crippen molar-refractivity contribution < 1.29 is 4.79 Å². The van der Waals surface area contributed by atoms with E-state index in [1.54, 1.807) is 7.05 Å². The predicted octanol–water partition coefficient (Wildman–Crippen LogP) is 1.80. The first-order valence-corrected chi connectivity index (χ1v) is 4.23. The maximum atomic E-state index is 11.1. The van der Waals surface area contributed by atoms with Crippen LogP contribution in [0.15, 0.2) is 10.6 Å². The molecule has 0 unspecified atom stereocenters. The van der Waals surface area contributed by atoms with Crippen molar-refractivity contribution in [3.8, 4) is 0 Å². The number of hydrogen-bond acceptors (Lipinski definition) is 1. The van der Waals surface area contributed by atoms with Gasteiger partial charge in [-0.15, -0.1) is 0 Å². The normalized spacial score (nSPS) is 18.4. The van der Waals surface area contributed by atoms with Crippen LogP contribution in [0.2, 0.25) is 0 Å². The first kappa shape index (κ1) is 8.60. The number of hydrogen-bond donors (Lipinski definition) is 1. The lowest BCUT2D eigenvalue weighted by Gasteiger charge is -2.13. The lowest BCUT2D eigenvalue weighted by Crippen LogP contribution is -2.22. The van der Waals surface area contributed by atoms with Crippen LogP contribution in [0.3, 0.4) is 0 Å². The fraction of sp³-hybridized carbons (Fsp3) is 0.625. The van der Waals surface area contributed by atoms with Crippen molar-refractivity contribution in [1.29, 1.82) is 0 Å². The van der Waals surface area contributed by atoms with Crippen LogP contribution in [0.1, 0.15) is 25.7 Å². The molecular weight excluding hydrogens is 162 g/mol. The zero-order valence-electron chi connectivity index (χ0n) is 6.61. The minimum Gasteiger partial charge on any atom is -0.355 e. The highest BCUT2D eigenvalue weighted by Crippen LogP contribution is 2.27. The third kappa shape index (κ3) is 1.96. The number of likely N-dealkylation sites (N-methyl/N-ethyl adjacent to an activating group) is 1. The SMILES string of the molecule is CNC(=O)C1=C(Cl)CCCC1. The number of rotatable bonds is 1. The van der Waals surface area contributed by atoms with Gasteiger partial charge in [-0.2, -0.15) is 0 Å². The zero-order chi connectivity index (χ0) is 8.27. The van der Waals surface area contributed by atoms with E-state index in [0.717, 1.165) is 36.3 Å². The van der Waals surface area contributed by atoms with E-state index in [0.29, 0.717) is 0 Å². The van der Waals surface area contributed by atoms with Gasteiger partial charge in [0.05, 0.1) is 0 Å². The molecule has 0 heterocycles. The fourth-order valence-corrected chi connectivity index (χ4v) is 1.57. The summed E-state index contributed by atoms with van der Waals surface area (Å²) in [4.78, 5) is 11.1. The summed E-state index contributed by atoms with van der Waals surface area (Å²) in [7, 11) is 1.63. The lowest BCUT2D eigenvalue weighted by molar-refractivity contribution is -0.117. The number of halogens is 1. The van der Waals surface area contributed by atoms with Crippen molar-refractivity contribution in [2.24, 2.45) is 0 Å². The molecule has 0 aromatic carbocycles. The van der Waals surface area contributed by atoms with Gasteiger partial charge in [-0.1, -0.05) is 11.6 Å². The van der Waals surface area contributed by atoms with E-state index in [-0.39, 0.29) is 5.91 Å². The molecule has 3 heteroatoms. The average molecular weight is 174 g/mol. The van der Waals surface area contributed by atoms with E-state index in [9.17, 15) is 4.79 Å². The summed E-state index contributed by atoms with van der Waals surface area (Å²) in [6, 6.07) is 0. The Kier molecular flexibility index (Phi) is 2.94. The lowest BCUT2D eigenvalue weighted by atomic mass is 9.99. The van der Waals surface area contributed by atoms with E-state index in [1.165, 1.54) is 0 Å². The summed E-state index contributed by atoms with van der Waals surface area (Å²) in [5.41, 5.74) is 0.778. The van der Waals surface area contributed by atoms with E-state index in [4.69, 9.17) is 11.6 Å². The van der Waals surface area contributed by atoms with Gasteiger partial charge >= 0.3 is 0 Å². The van der Waals surface area contributed by atoms with Crippen LogP contribution in [-0.4, -0.2) is 13.0 Å². The Labute approximate surface area is 71.6 Å². The van der Waals surface area contributed by atoms with Crippen LogP contribution in [0.25, 0.3) is 0 Å². The van der Waals surface area contributed by atoms with Crippen LogP contribution >= 0.6 is 11.6 Å². The summed E-state index contributed by atoms with van der Waals surface area (Å²) in [6.07, 6.45) is 3.89. The first-order valence-electron chi connectivity index (χ1n) is 3.85. The molecule has 1 aliphatic rings. The van der Waals surface area contributed by atoms with Crippen molar-refractivity contribution >= 4 is 17.5 Å². The van der Waals surface area contributed by atoms with Crippen molar-refractivity contribution in [3.63, 3.8) is 0 Å². The maximum absolute atomic E-state index is 11.1. The van der Waals surface area contributed by atoms with Gasteiger partial charge in [0, 0.05) is 17.7 Å². The zero-order valence-corrected chi connectivity index (χ0v) is 7.37. The second-order valence-electron chi connectivity index (χ2n) is 2.67. The van der Waals surface area contributed by atoms with Crippen molar-refractivity contribution in [1.82, 2.24) is 5.32 Å². The van der Waals surface area contributed by atoms with Gasteiger partial charge in [0.1, 0.15) is 0 Å². The van der Waals surface area contributed by atoms with Gasteiger partial charge in [-0.25, -0.2) is 0 Å². The Balaban J connectivity index is 2.74. The Morgan fingerprint density at radius 3 is 2.64 bits per heavy atom. The van der Waals surface area contributed by atoms with E-state index in [2.05, 4.69) is 5.32 Å². The Bertz CT molecular complexity index is 198. The molecule has 0 aromatic rings. The van der Waals surface area contributed by atoms with Crippen LogP contribution < -0.4 is 5.32 Å². The summed E-state index contributed by atoms with van der Waals surface area (Å²) in [5.74, 6) is -0.0188. The molecule has 1 N–H and O–H groups in total. The highest BCUT2D eigenvalue weighted by Gasteiger charge is 2.15. The molecule has 0 aliphatic heterocycles. The number of amides is 1. The van der Waals surface area contributed by atoms with Crippen LogP contribution in [0, 0.1) is 0 Å². The molecule has 1 aliphatic carbocycles. The second-order valence-corrected chi connectivity index (χ2v) is 3.13. The molecular formula is C8H12ClNO.